The fourth-order valence-corrected chi connectivity index (χ4v) is 3.17. The molecule has 2 aromatic rings. The Balaban J connectivity index is 2.49. The van der Waals surface area contributed by atoms with Crippen molar-refractivity contribution in [3.8, 4) is 0 Å². The first-order valence-electron chi connectivity index (χ1n) is 7.31. The number of allylic oxidation sites excluding steroid dienone is 2. The topological polar surface area (TPSA) is 25.8 Å². The van der Waals surface area contributed by atoms with Gasteiger partial charge in [0.15, 0.2) is 0 Å². The molecule has 0 unspecified atom stereocenters. The van der Waals surface area contributed by atoms with Crippen molar-refractivity contribution >= 4 is 16.5 Å². The van der Waals surface area contributed by atoms with Crippen molar-refractivity contribution in [2.75, 3.05) is 0 Å². The van der Waals surface area contributed by atoms with Gasteiger partial charge in [-0.3, -0.25) is 0 Å². The molecule has 104 valence electrons. The summed E-state index contributed by atoms with van der Waals surface area (Å²) in [6.45, 7) is 13.5. The van der Waals surface area contributed by atoms with Gasteiger partial charge in [0.25, 0.3) is 0 Å². The molecule has 3 rings (SSSR count). The first-order valence-corrected chi connectivity index (χ1v) is 7.31. The molecule has 0 amide bonds. The number of hydrogen-bond acceptors (Lipinski definition) is 2. The second kappa shape index (κ2) is 4.15. The van der Waals surface area contributed by atoms with Gasteiger partial charge in [-0.05, 0) is 42.5 Å². The Morgan fingerprint density at radius 3 is 2.40 bits per heavy atom. The van der Waals surface area contributed by atoms with Crippen LogP contribution < -0.4 is 0 Å². The Hall–Kier alpha value is -1.70. The van der Waals surface area contributed by atoms with Crippen molar-refractivity contribution in [3.63, 3.8) is 0 Å². The van der Waals surface area contributed by atoms with Gasteiger partial charge < -0.3 is 0 Å². The number of rotatable bonds is 1. The number of aromatic nitrogens is 2. The van der Waals surface area contributed by atoms with E-state index in [1.807, 2.05) is 0 Å². The minimum absolute atomic E-state index is 0.0466. The molecule has 2 heteroatoms. The van der Waals surface area contributed by atoms with E-state index in [4.69, 9.17) is 0 Å². The summed E-state index contributed by atoms with van der Waals surface area (Å²) in [5.41, 5.74) is 7.67. The van der Waals surface area contributed by atoms with Gasteiger partial charge in [-0.2, -0.15) is 0 Å². The molecule has 0 bridgehead atoms. The van der Waals surface area contributed by atoms with Gasteiger partial charge in [0.2, 0.25) is 0 Å². The van der Waals surface area contributed by atoms with Crippen LogP contribution in [0.1, 0.15) is 64.3 Å². The summed E-state index contributed by atoms with van der Waals surface area (Å²) < 4.78 is 0. The lowest BCUT2D eigenvalue weighted by atomic mass is 9.70. The Bertz CT molecular complexity index is 736. The molecule has 0 fully saturated rings. The highest BCUT2D eigenvalue weighted by Gasteiger charge is 2.33. The van der Waals surface area contributed by atoms with Crippen LogP contribution in [0.3, 0.4) is 0 Å². The molecule has 0 radical (unpaired) electrons. The number of benzene rings is 1. The van der Waals surface area contributed by atoms with Gasteiger partial charge in [0.05, 0.1) is 11.2 Å². The molecule has 20 heavy (non-hydrogen) atoms. The van der Waals surface area contributed by atoms with Crippen LogP contribution in [-0.2, 0) is 5.41 Å². The average Bonchev–Trinajstić information content (AvgIpc) is 2.42. The van der Waals surface area contributed by atoms with E-state index in [9.17, 15) is 0 Å². The quantitative estimate of drug-likeness (QED) is 0.738. The minimum atomic E-state index is 0.0466. The van der Waals surface area contributed by atoms with Gasteiger partial charge in [0.1, 0.15) is 6.33 Å². The Morgan fingerprint density at radius 2 is 1.75 bits per heavy atom. The Kier molecular flexibility index (Phi) is 2.75. The molecular weight excluding hydrogens is 244 g/mol. The van der Waals surface area contributed by atoms with Gasteiger partial charge in [0, 0.05) is 10.8 Å². The highest BCUT2D eigenvalue weighted by atomic mass is 14.8. The summed E-state index contributed by atoms with van der Waals surface area (Å²) in [5, 5.41) is 1.24. The largest absolute Gasteiger partial charge is 0.236 e. The predicted octanol–water partition coefficient (Wildman–Crippen LogP) is 4.84. The van der Waals surface area contributed by atoms with Crippen LogP contribution in [0.25, 0.3) is 16.5 Å². The van der Waals surface area contributed by atoms with Crippen molar-refractivity contribution in [1.82, 2.24) is 9.97 Å². The Labute approximate surface area is 121 Å². The molecule has 0 saturated heterocycles. The summed E-state index contributed by atoms with van der Waals surface area (Å²) in [6.07, 6.45) is 1.70. The molecule has 1 aliphatic rings. The van der Waals surface area contributed by atoms with E-state index in [0.717, 1.165) is 11.2 Å². The third-order valence-corrected chi connectivity index (χ3v) is 4.96. The van der Waals surface area contributed by atoms with Crippen molar-refractivity contribution < 1.29 is 0 Å². The zero-order chi connectivity index (χ0) is 14.7. The molecular formula is C18H22N2. The Morgan fingerprint density at radius 1 is 1.05 bits per heavy atom. The summed E-state index contributed by atoms with van der Waals surface area (Å²) in [6, 6.07) is 4.58. The van der Waals surface area contributed by atoms with E-state index in [1.165, 1.54) is 27.7 Å². The van der Waals surface area contributed by atoms with Gasteiger partial charge in [-0.25, -0.2) is 9.97 Å². The average molecular weight is 266 g/mol. The molecule has 0 atom stereocenters. The van der Waals surface area contributed by atoms with E-state index in [1.54, 1.807) is 6.33 Å². The number of hydrogen-bond donors (Lipinski definition) is 0. The second-order valence-corrected chi connectivity index (χ2v) is 6.71. The van der Waals surface area contributed by atoms with Crippen LogP contribution >= 0.6 is 0 Å². The highest BCUT2D eigenvalue weighted by Crippen LogP contribution is 2.45. The molecule has 2 nitrogen and oxygen atoms in total. The summed E-state index contributed by atoms with van der Waals surface area (Å²) >= 11 is 0. The molecule has 0 saturated carbocycles. The molecule has 1 aromatic carbocycles. The monoisotopic (exact) mass is 266 g/mol. The maximum Gasteiger partial charge on any atom is 0.116 e. The van der Waals surface area contributed by atoms with Crippen molar-refractivity contribution in [3.05, 3.63) is 40.9 Å². The molecule has 0 N–H and O–H groups in total. The fraction of sp³-hybridized carbons (Fsp3) is 0.444. The minimum Gasteiger partial charge on any atom is -0.236 e. The van der Waals surface area contributed by atoms with Crippen LogP contribution in [0, 0.1) is 0 Å². The summed E-state index contributed by atoms with van der Waals surface area (Å²) in [7, 11) is 0. The van der Waals surface area contributed by atoms with E-state index in [-0.39, 0.29) is 5.41 Å². The van der Waals surface area contributed by atoms with Gasteiger partial charge >= 0.3 is 0 Å². The molecule has 0 spiro atoms. The third kappa shape index (κ3) is 1.64. The molecule has 1 aromatic heterocycles. The van der Waals surface area contributed by atoms with E-state index < -0.39 is 0 Å². The third-order valence-electron chi connectivity index (χ3n) is 4.96. The van der Waals surface area contributed by atoms with Crippen LogP contribution in [0.5, 0.6) is 0 Å². The summed E-state index contributed by atoms with van der Waals surface area (Å²) in [5.74, 6) is 0.511. The predicted molar refractivity (Wildman–Crippen MR) is 84.9 cm³/mol. The van der Waals surface area contributed by atoms with E-state index in [0.29, 0.717) is 5.92 Å². The van der Waals surface area contributed by atoms with E-state index >= 15 is 0 Å². The van der Waals surface area contributed by atoms with Gasteiger partial charge in [-0.15, -0.1) is 0 Å². The first-order chi connectivity index (χ1) is 9.34. The highest BCUT2D eigenvalue weighted by molar-refractivity contribution is 5.97. The molecule has 0 aliphatic heterocycles. The first kappa shape index (κ1) is 13.3. The lowest BCUT2D eigenvalue weighted by Crippen LogP contribution is -2.24. The number of nitrogens with zero attached hydrogens (tertiary/aromatic N) is 2. The lowest BCUT2D eigenvalue weighted by molar-refractivity contribution is 0.623. The summed E-state index contributed by atoms with van der Waals surface area (Å²) in [4.78, 5) is 9.06. The zero-order valence-electron chi connectivity index (χ0n) is 13.2. The normalized spacial score (nSPS) is 17.1. The SMILES string of the molecule is CC1=C(C)C(C)(C)c2cc(C(C)C)cc3ncnc1c23. The van der Waals surface area contributed by atoms with Crippen LogP contribution in [0.15, 0.2) is 24.0 Å². The maximum absolute atomic E-state index is 4.54. The standard InChI is InChI=1S/C18H22N2/c1-10(2)13-7-14-16-15(8-13)19-9-20-17(16)11(3)12(4)18(14,5)6/h7-10H,1-6H3. The molecule has 1 aliphatic carbocycles. The van der Waals surface area contributed by atoms with E-state index in [2.05, 4.69) is 63.6 Å². The van der Waals surface area contributed by atoms with Crippen LogP contribution in [0.4, 0.5) is 0 Å². The molecule has 1 heterocycles. The van der Waals surface area contributed by atoms with Crippen LogP contribution in [0.2, 0.25) is 0 Å². The van der Waals surface area contributed by atoms with Crippen molar-refractivity contribution in [2.45, 2.75) is 52.9 Å². The van der Waals surface area contributed by atoms with Crippen LogP contribution in [-0.4, -0.2) is 9.97 Å². The van der Waals surface area contributed by atoms with Crippen molar-refractivity contribution in [2.24, 2.45) is 0 Å². The lowest BCUT2D eigenvalue weighted by Gasteiger charge is -2.34. The van der Waals surface area contributed by atoms with Gasteiger partial charge in [-0.1, -0.05) is 39.3 Å². The zero-order valence-corrected chi connectivity index (χ0v) is 13.2. The smallest absolute Gasteiger partial charge is 0.116 e. The van der Waals surface area contributed by atoms with Crippen molar-refractivity contribution in [1.29, 1.82) is 0 Å². The maximum atomic E-state index is 4.54. The second-order valence-electron chi connectivity index (χ2n) is 6.71. The fourth-order valence-electron chi connectivity index (χ4n) is 3.17.